The third-order valence-corrected chi connectivity index (χ3v) is 6.34. The molecule has 1 aromatic carbocycles. The third-order valence-electron chi connectivity index (χ3n) is 5.13. The first kappa shape index (κ1) is 21.7. The van der Waals surface area contributed by atoms with Gasteiger partial charge in [-0.15, -0.1) is 11.8 Å². The number of thioether (sulfide) groups is 1. The molecule has 0 radical (unpaired) electrons. The molecule has 0 bridgehead atoms. The zero-order valence-electron chi connectivity index (χ0n) is 17.4. The summed E-state index contributed by atoms with van der Waals surface area (Å²) in [5, 5.41) is 0. The highest BCUT2D eigenvalue weighted by molar-refractivity contribution is 8.03. The minimum absolute atomic E-state index is 0.173. The number of aliphatic imine (C=N–C) groups is 1. The summed E-state index contributed by atoms with van der Waals surface area (Å²) in [5.74, 6) is 1.21. The molecule has 0 N–H and O–H groups in total. The molecule has 0 saturated carbocycles. The fraction of sp³-hybridized carbons (Fsp3) is 0.458. The van der Waals surface area contributed by atoms with E-state index in [-0.39, 0.29) is 12.1 Å². The second kappa shape index (κ2) is 10.1. The number of hydrogen-bond donors (Lipinski definition) is 0. The van der Waals surface area contributed by atoms with Crippen LogP contribution in [0, 0.1) is 0 Å². The predicted octanol–water partition coefficient (Wildman–Crippen LogP) is 6.44. The van der Waals surface area contributed by atoms with Gasteiger partial charge in [-0.1, -0.05) is 62.9 Å². The molecule has 3 atom stereocenters. The number of fused-ring (bicyclic) bond motifs is 1. The van der Waals surface area contributed by atoms with Crippen LogP contribution >= 0.6 is 11.8 Å². The number of allylic oxidation sites excluding steroid dienone is 1. The van der Waals surface area contributed by atoms with Gasteiger partial charge in [0.05, 0.1) is 12.1 Å². The summed E-state index contributed by atoms with van der Waals surface area (Å²) in [6.45, 7) is 17.0. The lowest BCUT2D eigenvalue weighted by Gasteiger charge is -2.22. The molecule has 3 heteroatoms. The van der Waals surface area contributed by atoms with Crippen LogP contribution < -0.4 is 0 Å². The Hall–Kier alpha value is -1.58. The van der Waals surface area contributed by atoms with Crippen molar-refractivity contribution in [2.45, 2.75) is 58.6 Å². The molecule has 3 unspecified atom stereocenters. The largest absolute Gasteiger partial charge is 0.377 e. The Kier molecular flexibility index (Phi) is 8.12. The maximum Gasteiger partial charge on any atom is 0.0799 e. The van der Waals surface area contributed by atoms with Crippen molar-refractivity contribution in [1.82, 2.24) is 0 Å². The molecule has 27 heavy (non-hydrogen) atoms. The number of benzene rings is 1. The third kappa shape index (κ3) is 5.95. The first-order valence-corrected chi connectivity index (χ1v) is 10.7. The highest BCUT2D eigenvalue weighted by Gasteiger charge is 2.18. The van der Waals surface area contributed by atoms with E-state index in [1.807, 2.05) is 25.6 Å². The lowest BCUT2D eigenvalue weighted by atomic mass is 9.90. The van der Waals surface area contributed by atoms with Gasteiger partial charge in [0, 0.05) is 30.9 Å². The number of ether oxygens (including phenoxy) is 1. The molecular formula is C24H33NOS. The quantitative estimate of drug-likeness (QED) is 0.362. The molecule has 1 aliphatic rings. The number of rotatable bonds is 9. The van der Waals surface area contributed by atoms with E-state index in [0.717, 1.165) is 24.3 Å². The number of nitrogens with zero attached hydrogens (tertiary/aromatic N) is 1. The van der Waals surface area contributed by atoms with Crippen LogP contribution in [-0.4, -0.2) is 30.7 Å². The van der Waals surface area contributed by atoms with E-state index in [9.17, 15) is 0 Å². The molecule has 0 aliphatic heterocycles. The van der Waals surface area contributed by atoms with Crippen molar-refractivity contribution in [3.8, 4) is 0 Å². The summed E-state index contributed by atoms with van der Waals surface area (Å²) >= 11 is 1.81. The van der Waals surface area contributed by atoms with Crippen LogP contribution in [0.5, 0.6) is 0 Å². The fourth-order valence-corrected chi connectivity index (χ4v) is 4.24. The molecule has 1 aliphatic carbocycles. The SMILES string of the molecule is C=C(CC)C(CSC(=C)C(C)c1ccc2c(c1)C=CC(OC)C2)N=C(C)C. The van der Waals surface area contributed by atoms with Gasteiger partial charge in [0.2, 0.25) is 0 Å². The van der Waals surface area contributed by atoms with Gasteiger partial charge >= 0.3 is 0 Å². The number of methoxy groups -OCH3 is 1. The zero-order valence-corrected chi connectivity index (χ0v) is 18.2. The minimum Gasteiger partial charge on any atom is -0.377 e. The Labute approximate surface area is 169 Å². The molecule has 146 valence electrons. The van der Waals surface area contributed by atoms with Crippen molar-refractivity contribution in [1.29, 1.82) is 0 Å². The van der Waals surface area contributed by atoms with E-state index < -0.39 is 0 Å². The zero-order chi connectivity index (χ0) is 20.0. The molecule has 0 spiro atoms. The van der Waals surface area contributed by atoms with Crippen LogP contribution in [-0.2, 0) is 11.2 Å². The van der Waals surface area contributed by atoms with Crippen molar-refractivity contribution in [3.63, 3.8) is 0 Å². The van der Waals surface area contributed by atoms with E-state index >= 15 is 0 Å². The van der Waals surface area contributed by atoms with E-state index in [4.69, 9.17) is 9.73 Å². The molecule has 0 amide bonds. The minimum atomic E-state index is 0.173. The topological polar surface area (TPSA) is 21.6 Å². The van der Waals surface area contributed by atoms with Crippen LogP contribution in [0.1, 0.15) is 56.7 Å². The Morgan fingerprint density at radius 1 is 1.33 bits per heavy atom. The standard InChI is InChI=1S/C24H33NOS/c1-8-17(4)24(25-16(2)3)15-27-19(6)18(5)20-9-10-22-14-23(26-7)12-11-21(22)13-20/h9-13,18,23-24H,4,6,8,14-15H2,1-3,5,7H3. The summed E-state index contributed by atoms with van der Waals surface area (Å²) in [7, 11) is 1.77. The molecule has 0 aromatic heterocycles. The maximum atomic E-state index is 5.45. The molecule has 1 aromatic rings. The maximum absolute atomic E-state index is 5.45. The van der Waals surface area contributed by atoms with Crippen molar-refractivity contribution < 1.29 is 4.74 Å². The molecule has 0 saturated heterocycles. The van der Waals surface area contributed by atoms with Gasteiger partial charge in [-0.3, -0.25) is 4.99 Å². The average Bonchev–Trinajstić information content (AvgIpc) is 2.68. The Morgan fingerprint density at radius 2 is 2.07 bits per heavy atom. The summed E-state index contributed by atoms with van der Waals surface area (Å²) in [6.07, 6.45) is 6.43. The normalized spacial score (nSPS) is 17.7. The summed E-state index contributed by atoms with van der Waals surface area (Å²) < 4.78 is 5.45. The highest BCUT2D eigenvalue weighted by atomic mass is 32.2. The Morgan fingerprint density at radius 3 is 2.70 bits per heavy atom. The van der Waals surface area contributed by atoms with E-state index in [1.165, 1.54) is 27.2 Å². The smallest absolute Gasteiger partial charge is 0.0799 e. The second-order valence-corrected chi connectivity index (χ2v) is 8.54. The second-order valence-electron chi connectivity index (χ2n) is 7.40. The summed E-state index contributed by atoms with van der Waals surface area (Å²) in [6, 6.07) is 6.94. The van der Waals surface area contributed by atoms with E-state index in [0.29, 0.717) is 5.92 Å². The average molecular weight is 384 g/mol. The lowest BCUT2D eigenvalue weighted by Crippen LogP contribution is -2.15. The van der Waals surface area contributed by atoms with Gasteiger partial charge in [0.15, 0.2) is 0 Å². The molecule has 2 rings (SSSR count). The molecular weight excluding hydrogens is 350 g/mol. The first-order chi connectivity index (χ1) is 12.8. The predicted molar refractivity (Wildman–Crippen MR) is 122 cm³/mol. The van der Waals surface area contributed by atoms with Crippen LogP contribution in [0.2, 0.25) is 0 Å². The van der Waals surface area contributed by atoms with Gasteiger partial charge in [-0.05, 0) is 41.9 Å². The van der Waals surface area contributed by atoms with Gasteiger partial charge < -0.3 is 4.74 Å². The van der Waals surface area contributed by atoms with Crippen molar-refractivity contribution in [3.05, 3.63) is 64.6 Å². The van der Waals surface area contributed by atoms with Gasteiger partial charge in [0.25, 0.3) is 0 Å². The van der Waals surface area contributed by atoms with E-state index in [2.05, 4.69) is 57.4 Å². The van der Waals surface area contributed by atoms with Crippen molar-refractivity contribution >= 4 is 23.5 Å². The van der Waals surface area contributed by atoms with Gasteiger partial charge in [-0.25, -0.2) is 0 Å². The fourth-order valence-electron chi connectivity index (χ4n) is 3.17. The van der Waals surface area contributed by atoms with Crippen LogP contribution in [0.15, 0.2) is 52.9 Å². The summed E-state index contributed by atoms with van der Waals surface area (Å²) in [5.41, 5.74) is 6.26. The van der Waals surface area contributed by atoms with Crippen molar-refractivity contribution in [2.24, 2.45) is 4.99 Å². The van der Waals surface area contributed by atoms with E-state index in [1.54, 1.807) is 7.11 Å². The van der Waals surface area contributed by atoms with Gasteiger partial charge in [0.1, 0.15) is 0 Å². The lowest BCUT2D eigenvalue weighted by molar-refractivity contribution is 0.141. The van der Waals surface area contributed by atoms with Crippen molar-refractivity contribution in [2.75, 3.05) is 12.9 Å². The Balaban J connectivity index is 2.05. The first-order valence-electron chi connectivity index (χ1n) is 9.69. The van der Waals surface area contributed by atoms with Crippen LogP contribution in [0.25, 0.3) is 6.08 Å². The van der Waals surface area contributed by atoms with Gasteiger partial charge in [-0.2, -0.15) is 0 Å². The van der Waals surface area contributed by atoms with Crippen LogP contribution in [0.4, 0.5) is 0 Å². The van der Waals surface area contributed by atoms with Crippen LogP contribution in [0.3, 0.4) is 0 Å². The monoisotopic (exact) mass is 383 g/mol. The number of hydrogen-bond acceptors (Lipinski definition) is 3. The summed E-state index contributed by atoms with van der Waals surface area (Å²) in [4.78, 5) is 5.94. The Bertz CT molecular complexity index is 743. The molecule has 2 nitrogen and oxygen atoms in total. The molecule has 0 heterocycles. The molecule has 0 fully saturated rings. The highest BCUT2D eigenvalue weighted by Crippen LogP contribution is 2.34.